The molecule has 4 rings (SSSR count). The maximum Gasteiger partial charge on any atom is 0.356 e. The van der Waals surface area contributed by atoms with E-state index in [1.807, 2.05) is 55.5 Å². The Morgan fingerprint density at radius 3 is 2.73 bits per heavy atom. The maximum atomic E-state index is 12.2. The number of H-pyrrole nitrogens is 1. The number of fused-ring (bicyclic) bond motifs is 1. The van der Waals surface area contributed by atoms with Gasteiger partial charge in [-0.15, -0.1) is 11.3 Å². The highest BCUT2D eigenvalue weighted by molar-refractivity contribution is 7.18. The smallest absolute Gasteiger partial charge is 0.356 e. The van der Waals surface area contributed by atoms with Crippen molar-refractivity contribution in [2.75, 3.05) is 13.2 Å². The molecule has 8 heteroatoms. The fourth-order valence-corrected chi connectivity index (χ4v) is 3.86. The largest absolute Gasteiger partial charge is 0.451 e. The van der Waals surface area contributed by atoms with E-state index in [1.165, 1.54) is 0 Å². The monoisotopic (exact) mass is 420 g/mol. The van der Waals surface area contributed by atoms with Crippen LogP contribution in [0.3, 0.4) is 0 Å². The Morgan fingerprint density at radius 2 is 1.93 bits per heavy atom. The van der Waals surface area contributed by atoms with Crippen LogP contribution in [0.2, 0.25) is 0 Å². The van der Waals surface area contributed by atoms with Gasteiger partial charge >= 0.3 is 5.97 Å². The number of benzene rings is 2. The molecule has 0 saturated carbocycles. The van der Waals surface area contributed by atoms with Crippen molar-refractivity contribution in [1.82, 2.24) is 20.5 Å². The summed E-state index contributed by atoms with van der Waals surface area (Å²) in [6, 6.07) is 17.3. The molecule has 0 saturated heterocycles. The van der Waals surface area contributed by atoms with Gasteiger partial charge in [-0.3, -0.25) is 9.89 Å². The van der Waals surface area contributed by atoms with Crippen LogP contribution in [0.15, 0.2) is 54.6 Å². The standard InChI is InChI=1S/C22H20N4O3S/c1-14-6-8-15(9-7-14)17-12-18(26-25-17)22(28)29-13-20(27)23-11-10-21-24-16-4-2-3-5-19(16)30-21/h2-9,12H,10-11,13H2,1H3,(H,23,27)(H,25,26). The molecule has 2 heterocycles. The normalized spacial score (nSPS) is 10.8. The van der Waals surface area contributed by atoms with Gasteiger partial charge in [0.15, 0.2) is 6.61 Å². The van der Waals surface area contributed by atoms with Crippen molar-refractivity contribution < 1.29 is 14.3 Å². The van der Waals surface area contributed by atoms with Crippen LogP contribution in [0.5, 0.6) is 0 Å². The van der Waals surface area contributed by atoms with Gasteiger partial charge in [-0.25, -0.2) is 9.78 Å². The molecule has 0 spiro atoms. The number of aromatic nitrogens is 3. The first-order valence-corrected chi connectivity index (χ1v) is 10.3. The fraction of sp³-hybridized carbons (Fsp3) is 0.182. The van der Waals surface area contributed by atoms with Crippen LogP contribution in [0.4, 0.5) is 0 Å². The van der Waals surface area contributed by atoms with E-state index < -0.39 is 5.97 Å². The lowest BCUT2D eigenvalue weighted by Gasteiger charge is -2.04. The fourth-order valence-electron chi connectivity index (χ4n) is 2.89. The molecule has 4 aromatic rings. The van der Waals surface area contributed by atoms with Crippen molar-refractivity contribution in [2.45, 2.75) is 13.3 Å². The number of aryl methyl sites for hydroxylation is 1. The molecule has 0 bridgehead atoms. The Kier molecular flexibility index (Phi) is 5.85. The summed E-state index contributed by atoms with van der Waals surface area (Å²) in [5.41, 5.74) is 3.84. The lowest BCUT2D eigenvalue weighted by Crippen LogP contribution is -2.30. The number of esters is 1. The number of nitrogens with zero attached hydrogens (tertiary/aromatic N) is 2. The number of thiazole rings is 1. The van der Waals surface area contributed by atoms with Gasteiger partial charge < -0.3 is 10.1 Å². The number of nitrogens with one attached hydrogen (secondary N) is 2. The Balaban J connectivity index is 1.23. The van der Waals surface area contributed by atoms with E-state index in [-0.39, 0.29) is 18.2 Å². The Hall–Kier alpha value is -3.52. The number of hydrogen-bond acceptors (Lipinski definition) is 6. The molecule has 2 aromatic carbocycles. The second-order valence-corrected chi connectivity index (χ2v) is 7.90. The van der Waals surface area contributed by atoms with Gasteiger partial charge in [-0.1, -0.05) is 42.0 Å². The van der Waals surface area contributed by atoms with Crippen molar-refractivity contribution in [3.63, 3.8) is 0 Å². The molecule has 0 aliphatic rings. The van der Waals surface area contributed by atoms with Gasteiger partial charge in [0.25, 0.3) is 5.91 Å². The number of amides is 1. The first kappa shape index (κ1) is 19.8. The molecule has 7 nitrogen and oxygen atoms in total. The summed E-state index contributed by atoms with van der Waals surface area (Å²) in [4.78, 5) is 28.7. The molecule has 0 radical (unpaired) electrons. The Labute approximate surface area is 177 Å². The number of aromatic amines is 1. The molecule has 30 heavy (non-hydrogen) atoms. The molecule has 152 valence electrons. The third kappa shape index (κ3) is 4.72. The van der Waals surface area contributed by atoms with Gasteiger partial charge in [-0.2, -0.15) is 5.10 Å². The van der Waals surface area contributed by atoms with Crippen LogP contribution >= 0.6 is 11.3 Å². The summed E-state index contributed by atoms with van der Waals surface area (Å²) >= 11 is 1.61. The summed E-state index contributed by atoms with van der Waals surface area (Å²) in [5, 5.41) is 10.5. The second-order valence-electron chi connectivity index (χ2n) is 6.78. The highest BCUT2D eigenvalue weighted by Gasteiger charge is 2.14. The number of hydrogen-bond donors (Lipinski definition) is 2. The van der Waals surface area contributed by atoms with Crippen molar-refractivity contribution in [2.24, 2.45) is 0 Å². The van der Waals surface area contributed by atoms with Gasteiger partial charge in [0, 0.05) is 18.5 Å². The topological polar surface area (TPSA) is 97.0 Å². The molecule has 0 unspecified atom stereocenters. The summed E-state index contributed by atoms with van der Waals surface area (Å²) in [5.74, 6) is -0.982. The van der Waals surface area contributed by atoms with E-state index >= 15 is 0 Å². The zero-order chi connectivity index (χ0) is 20.9. The number of ether oxygens (including phenoxy) is 1. The minimum Gasteiger partial charge on any atom is -0.451 e. The van der Waals surface area contributed by atoms with Crippen molar-refractivity contribution in [1.29, 1.82) is 0 Å². The van der Waals surface area contributed by atoms with E-state index in [9.17, 15) is 9.59 Å². The molecule has 2 aromatic heterocycles. The van der Waals surface area contributed by atoms with Gasteiger partial charge in [-0.05, 0) is 25.1 Å². The summed E-state index contributed by atoms with van der Waals surface area (Å²) in [7, 11) is 0. The van der Waals surface area contributed by atoms with Crippen molar-refractivity contribution >= 4 is 33.4 Å². The predicted octanol–water partition coefficient (Wildman–Crippen LogP) is 3.51. The van der Waals surface area contributed by atoms with Crippen molar-refractivity contribution in [3.05, 3.63) is 70.9 Å². The Morgan fingerprint density at radius 1 is 1.13 bits per heavy atom. The maximum absolute atomic E-state index is 12.2. The van der Waals surface area contributed by atoms with Crippen molar-refractivity contribution in [3.8, 4) is 11.3 Å². The van der Waals surface area contributed by atoms with E-state index in [0.717, 1.165) is 26.4 Å². The average Bonchev–Trinajstić information content (AvgIpc) is 3.39. The molecular formula is C22H20N4O3S. The van der Waals surface area contributed by atoms with E-state index in [1.54, 1.807) is 17.4 Å². The first-order chi connectivity index (χ1) is 14.6. The number of para-hydroxylation sites is 1. The molecule has 2 N–H and O–H groups in total. The molecular weight excluding hydrogens is 400 g/mol. The van der Waals surface area contributed by atoms with Crippen LogP contribution in [-0.2, 0) is 16.0 Å². The summed E-state index contributed by atoms with van der Waals surface area (Å²) in [6.45, 7) is 2.08. The van der Waals surface area contributed by atoms with Gasteiger partial charge in [0.1, 0.15) is 5.69 Å². The summed E-state index contributed by atoms with van der Waals surface area (Å²) < 4.78 is 6.20. The van der Waals surface area contributed by atoms with Crippen LogP contribution in [-0.4, -0.2) is 40.2 Å². The SMILES string of the molecule is Cc1ccc(-c2cc(C(=O)OCC(=O)NCCc3nc4ccccc4s3)[nH]n2)cc1. The lowest BCUT2D eigenvalue weighted by atomic mass is 10.1. The van der Waals surface area contributed by atoms with E-state index in [0.29, 0.717) is 18.7 Å². The number of rotatable bonds is 7. The highest BCUT2D eigenvalue weighted by atomic mass is 32.1. The quantitative estimate of drug-likeness (QED) is 0.446. The van der Waals surface area contributed by atoms with Gasteiger partial charge in [0.05, 0.1) is 20.9 Å². The van der Waals surface area contributed by atoms with Crippen LogP contribution in [0.25, 0.3) is 21.5 Å². The van der Waals surface area contributed by atoms with E-state index in [2.05, 4.69) is 20.5 Å². The van der Waals surface area contributed by atoms with Crippen LogP contribution in [0.1, 0.15) is 21.1 Å². The zero-order valence-electron chi connectivity index (χ0n) is 16.3. The molecule has 0 aliphatic carbocycles. The number of carbonyl (C=O) groups excluding carboxylic acids is 2. The number of carbonyl (C=O) groups is 2. The third-order valence-corrected chi connectivity index (χ3v) is 5.57. The molecule has 0 atom stereocenters. The average molecular weight is 420 g/mol. The highest BCUT2D eigenvalue weighted by Crippen LogP contribution is 2.21. The zero-order valence-corrected chi connectivity index (χ0v) is 17.2. The molecule has 0 fully saturated rings. The minimum atomic E-state index is -0.623. The van der Waals surface area contributed by atoms with Crippen LogP contribution < -0.4 is 5.32 Å². The van der Waals surface area contributed by atoms with Crippen LogP contribution in [0, 0.1) is 6.92 Å². The molecule has 1 amide bonds. The third-order valence-electron chi connectivity index (χ3n) is 4.48. The predicted molar refractivity (Wildman–Crippen MR) is 115 cm³/mol. The Bertz CT molecular complexity index is 1150. The molecule has 0 aliphatic heterocycles. The minimum absolute atomic E-state index is 0.202. The first-order valence-electron chi connectivity index (χ1n) is 9.49. The van der Waals surface area contributed by atoms with E-state index in [4.69, 9.17) is 4.74 Å². The lowest BCUT2D eigenvalue weighted by molar-refractivity contribution is -0.124. The summed E-state index contributed by atoms with van der Waals surface area (Å²) in [6.07, 6.45) is 0.624. The van der Waals surface area contributed by atoms with Gasteiger partial charge in [0.2, 0.25) is 0 Å². The second kappa shape index (κ2) is 8.87.